The molecule has 124 valence electrons. The number of piperidine rings is 1. The number of aromatic nitrogens is 2. The minimum atomic E-state index is -0.605. The molecule has 2 aliphatic rings. The van der Waals surface area contributed by atoms with Crippen molar-refractivity contribution < 1.29 is 4.79 Å². The normalized spacial score (nSPS) is 24.4. The Morgan fingerprint density at radius 3 is 3.04 bits per heavy atom. The summed E-state index contributed by atoms with van der Waals surface area (Å²) in [5, 5.41) is 4.02. The van der Waals surface area contributed by atoms with Crippen molar-refractivity contribution in [1.82, 2.24) is 14.7 Å². The molecular weight excluding hydrogens is 314 g/mol. The second-order valence-electron chi connectivity index (χ2n) is 5.80. The Kier molecular flexibility index (Phi) is 4.69. The highest BCUT2D eigenvalue weighted by atomic mass is 32.2. The van der Waals surface area contributed by atoms with Gasteiger partial charge in [-0.15, -0.1) is 0 Å². The second kappa shape index (κ2) is 6.73. The minimum Gasteiger partial charge on any atom is -0.364 e. The lowest BCUT2D eigenvalue weighted by atomic mass is 10.1. The molecule has 2 unspecified atom stereocenters. The van der Waals surface area contributed by atoms with Crippen molar-refractivity contribution in [2.24, 2.45) is 11.5 Å². The summed E-state index contributed by atoms with van der Waals surface area (Å²) in [6.07, 6.45) is 5.63. The Labute approximate surface area is 139 Å². The molecule has 1 amide bonds. The van der Waals surface area contributed by atoms with Gasteiger partial charge >= 0.3 is 0 Å². The van der Waals surface area contributed by atoms with E-state index >= 15 is 0 Å². The number of rotatable bonds is 4. The van der Waals surface area contributed by atoms with Gasteiger partial charge in [-0.2, -0.15) is 0 Å². The van der Waals surface area contributed by atoms with Gasteiger partial charge < -0.3 is 21.7 Å². The molecule has 0 radical (unpaired) electrons. The first kappa shape index (κ1) is 16.0. The number of anilines is 2. The summed E-state index contributed by atoms with van der Waals surface area (Å²) in [4.78, 5) is 22.5. The van der Waals surface area contributed by atoms with Crippen LogP contribution in [0.5, 0.6) is 0 Å². The van der Waals surface area contributed by atoms with Crippen molar-refractivity contribution >= 4 is 29.5 Å². The molecule has 1 saturated heterocycles. The summed E-state index contributed by atoms with van der Waals surface area (Å²) in [6, 6.07) is 0.381. The molecule has 9 heteroatoms. The molecule has 0 spiro atoms. The van der Waals surface area contributed by atoms with Crippen molar-refractivity contribution in [3.8, 4) is 0 Å². The van der Waals surface area contributed by atoms with E-state index in [0.717, 1.165) is 31.0 Å². The number of carbonyl (C=O) groups is 1. The van der Waals surface area contributed by atoms with Crippen molar-refractivity contribution in [2.45, 2.75) is 31.8 Å². The summed E-state index contributed by atoms with van der Waals surface area (Å²) in [6.45, 7) is 3.65. The minimum absolute atomic E-state index is 0.135. The van der Waals surface area contributed by atoms with Crippen LogP contribution in [0.2, 0.25) is 0 Å². The Bertz CT molecular complexity index is 636. The fourth-order valence-electron chi connectivity index (χ4n) is 2.65. The maximum Gasteiger partial charge on any atom is 0.271 e. The number of hydrogen-bond acceptors (Lipinski definition) is 8. The van der Waals surface area contributed by atoms with Crippen LogP contribution >= 0.6 is 11.9 Å². The Hall–Kier alpha value is -1.84. The van der Waals surface area contributed by atoms with E-state index < -0.39 is 5.91 Å². The maximum atomic E-state index is 11.6. The Morgan fingerprint density at radius 1 is 1.57 bits per heavy atom. The molecule has 23 heavy (non-hydrogen) atoms. The molecule has 2 aliphatic heterocycles. The van der Waals surface area contributed by atoms with Crippen molar-refractivity contribution in [3.05, 3.63) is 23.0 Å². The van der Waals surface area contributed by atoms with E-state index in [9.17, 15) is 4.79 Å². The highest BCUT2D eigenvalue weighted by Gasteiger charge is 2.22. The number of carbonyl (C=O) groups excluding carboxylic acids is 1. The lowest BCUT2D eigenvalue weighted by Gasteiger charge is -2.31. The van der Waals surface area contributed by atoms with Crippen LogP contribution in [0, 0.1) is 0 Å². The first-order valence-corrected chi connectivity index (χ1v) is 8.43. The Balaban J connectivity index is 1.87. The van der Waals surface area contributed by atoms with Crippen LogP contribution in [-0.2, 0) is 0 Å². The monoisotopic (exact) mass is 335 g/mol. The van der Waals surface area contributed by atoms with Gasteiger partial charge in [0.15, 0.2) is 11.5 Å². The fraction of sp³-hybridized carbons (Fsp3) is 0.500. The summed E-state index contributed by atoms with van der Waals surface area (Å²) < 4.78 is 3.19. The smallest absolute Gasteiger partial charge is 0.271 e. The van der Waals surface area contributed by atoms with Crippen LogP contribution in [0.25, 0.3) is 0 Å². The largest absolute Gasteiger partial charge is 0.364 e. The van der Waals surface area contributed by atoms with E-state index in [-0.39, 0.29) is 17.8 Å². The average molecular weight is 335 g/mol. The number of nitrogens with one attached hydrogen (secondary N) is 2. The van der Waals surface area contributed by atoms with Gasteiger partial charge in [0.1, 0.15) is 5.82 Å². The van der Waals surface area contributed by atoms with Crippen LogP contribution in [0.1, 0.15) is 30.3 Å². The predicted octanol–water partition coefficient (Wildman–Crippen LogP) is 0.396. The van der Waals surface area contributed by atoms with E-state index in [1.165, 1.54) is 11.9 Å². The van der Waals surface area contributed by atoms with Gasteiger partial charge in [-0.05, 0) is 37.8 Å². The molecule has 1 aromatic rings. The topological polar surface area (TPSA) is 122 Å². The molecular formula is C14H21N7OS. The molecule has 6 N–H and O–H groups in total. The standard InChI is InChI=1S/C14H21N7OS/c1-8-5-11(23-20-8)19-14-12(13(16)22)17-6-10(18-14)21-4-2-3-9(15)7-21/h5-6,8-9,20H,2-4,7,15H2,1H3,(H2,16,22)(H,18,19). The van der Waals surface area contributed by atoms with Crippen molar-refractivity contribution in [2.75, 3.05) is 23.3 Å². The number of primary amides is 1. The summed E-state index contributed by atoms with van der Waals surface area (Å²) in [5.74, 6) is 0.479. The molecule has 3 rings (SSSR count). The summed E-state index contributed by atoms with van der Waals surface area (Å²) in [7, 11) is 0. The first-order valence-electron chi connectivity index (χ1n) is 7.61. The van der Waals surface area contributed by atoms with Gasteiger partial charge in [-0.1, -0.05) is 0 Å². The third kappa shape index (κ3) is 3.74. The molecule has 1 fully saturated rings. The molecule has 3 heterocycles. The van der Waals surface area contributed by atoms with Crippen molar-refractivity contribution in [1.29, 1.82) is 0 Å². The highest BCUT2D eigenvalue weighted by molar-refractivity contribution is 8.01. The van der Waals surface area contributed by atoms with Gasteiger partial charge in [0, 0.05) is 25.2 Å². The molecule has 1 aromatic heterocycles. The molecule has 0 aromatic carbocycles. The highest BCUT2D eigenvalue weighted by Crippen LogP contribution is 2.25. The van der Waals surface area contributed by atoms with Crippen LogP contribution in [-0.4, -0.2) is 41.0 Å². The van der Waals surface area contributed by atoms with Crippen LogP contribution < -0.4 is 26.4 Å². The van der Waals surface area contributed by atoms with E-state index in [0.29, 0.717) is 11.6 Å². The van der Waals surface area contributed by atoms with Gasteiger partial charge in [-0.3, -0.25) is 9.52 Å². The quantitative estimate of drug-likeness (QED) is 0.583. The maximum absolute atomic E-state index is 11.6. The van der Waals surface area contributed by atoms with Gasteiger partial charge in [0.25, 0.3) is 5.91 Å². The third-order valence-electron chi connectivity index (χ3n) is 3.77. The lowest BCUT2D eigenvalue weighted by molar-refractivity contribution is 0.0996. The molecule has 8 nitrogen and oxygen atoms in total. The zero-order valence-corrected chi connectivity index (χ0v) is 13.8. The van der Waals surface area contributed by atoms with E-state index in [4.69, 9.17) is 11.5 Å². The average Bonchev–Trinajstić information content (AvgIpc) is 2.92. The number of amides is 1. The van der Waals surface area contributed by atoms with Crippen molar-refractivity contribution in [3.63, 3.8) is 0 Å². The molecule has 0 bridgehead atoms. The van der Waals surface area contributed by atoms with Gasteiger partial charge in [0.05, 0.1) is 11.2 Å². The van der Waals surface area contributed by atoms with E-state index in [1.54, 1.807) is 6.20 Å². The summed E-state index contributed by atoms with van der Waals surface area (Å²) >= 11 is 1.45. The fourth-order valence-corrected chi connectivity index (χ4v) is 3.45. The lowest BCUT2D eigenvalue weighted by Crippen LogP contribution is -2.43. The Morgan fingerprint density at radius 2 is 2.39 bits per heavy atom. The first-order chi connectivity index (χ1) is 11.0. The molecule has 2 atom stereocenters. The molecule has 0 saturated carbocycles. The summed E-state index contributed by atoms with van der Waals surface area (Å²) in [5.41, 5.74) is 11.6. The zero-order chi connectivity index (χ0) is 16.4. The third-order valence-corrected chi connectivity index (χ3v) is 4.72. The zero-order valence-electron chi connectivity index (χ0n) is 13.0. The molecule has 0 aliphatic carbocycles. The van der Waals surface area contributed by atoms with Crippen LogP contribution in [0.15, 0.2) is 17.3 Å². The number of nitrogens with two attached hydrogens (primary N) is 2. The van der Waals surface area contributed by atoms with E-state index in [2.05, 4.69) is 24.9 Å². The van der Waals surface area contributed by atoms with E-state index in [1.807, 2.05) is 13.0 Å². The number of nitrogens with zero attached hydrogens (tertiary/aromatic N) is 3. The predicted molar refractivity (Wildman–Crippen MR) is 91.9 cm³/mol. The van der Waals surface area contributed by atoms with Gasteiger partial charge in [-0.25, -0.2) is 9.97 Å². The second-order valence-corrected chi connectivity index (χ2v) is 6.68. The SMILES string of the molecule is CC1C=C(Nc2nc(N3CCCC(N)C3)cnc2C(N)=O)SN1. The number of hydrogen-bond donors (Lipinski definition) is 4. The van der Waals surface area contributed by atoms with Crippen LogP contribution in [0.4, 0.5) is 11.6 Å². The van der Waals surface area contributed by atoms with Gasteiger partial charge in [0.2, 0.25) is 0 Å². The van der Waals surface area contributed by atoms with Crippen LogP contribution in [0.3, 0.4) is 0 Å².